The molecular formula is C27H35N5O3. The number of piperazine rings is 1. The summed E-state index contributed by atoms with van der Waals surface area (Å²) in [5, 5.41) is 6.00. The summed E-state index contributed by atoms with van der Waals surface area (Å²) >= 11 is 0. The van der Waals surface area contributed by atoms with Crippen LogP contribution in [0, 0.1) is 13.8 Å². The van der Waals surface area contributed by atoms with Gasteiger partial charge in [0.1, 0.15) is 0 Å². The molecule has 2 fully saturated rings. The van der Waals surface area contributed by atoms with Gasteiger partial charge in [0.2, 0.25) is 17.7 Å². The quantitative estimate of drug-likeness (QED) is 0.611. The highest BCUT2D eigenvalue weighted by Gasteiger charge is 2.22. The zero-order chi connectivity index (χ0) is 24.8. The number of nitrogens with one attached hydrogen (secondary N) is 2. The summed E-state index contributed by atoms with van der Waals surface area (Å²) in [6.45, 7) is 9.11. The van der Waals surface area contributed by atoms with Crippen LogP contribution in [0.1, 0.15) is 30.4 Å². The Kier molecular flexibility index (Phi) is 8.15. The first-order valence-electron chi connectivity index (χ1n) is 12.4. The molecule has 0 saturated carbocycles. The molecule has 0 bridgehead atoms. The molecule has 0 aliphatic carbocycles. The van der Waals surface area contributed by atoms with Crippen LogP contribution in [0.4, 0.5) is 17.1 Å². The molecule has 2 aromatic rings. The molecule has 8 heteroatoms. The fourth-order valence-corrected chi connectivity index (χ4v) is 4.69. The second kappa shape index (κ2) is 11.5. The molecule has 3 amide bonds. The summed E-state index contributed by atoms with van der Waals surface area (Å²) in [5.41, 5.74) is 4.66. The standard InChI is InChI=1S/C27H35N5O3/c1-20-5-3-6-21(2)27(20)29-25(34)19-31-17-15-30(16-18-31)14-12-24(33)28-22-8-10-23(11-9-22)32-13-4-7-26(32)35/h3,5-6,8-11H,4,7,12-19H2,1-2H3,(H,28,33)(H,29,34). The van der Waals surface area contributed by atoms with Crippen LogP contribution in [-0.4, -0.2) is 73.3 Å². The predicted octanol–water partition coefficient (Wildman–Crippen LogP) is 3.02. The number of aryl methyl sites for hydroxylation is 2. The molecule has 2 saturated heterocycles. The minimum absolute atomic E-state index is 0.00958. The van der Waals surface area contributed by atoms with E-state index in [4.69, 9.17) is 0 Å². The third kappa shape index (κ3) is 6.68. The maximum absolute atomic E-state index is 12.5. The molecule has 35 heavy (non-hydrogen) atoms. The van der Waals surface area contributed by atoms with Crippen molar-refractivity contribution in [3.8, 4) is 0 Å². The lowest BCUT2D eigenvalue weighted by atomic mass is 10.1. The van der Waals surface area contributed by atoms with E-state index in [0.29, 0.717) is 25.9 Å². The molecule has 8 nitrogen and oxygen atoms in total. The molecule has 0 unspecified atom stereocenters. The van der Waals surface area contributed by atoms with Gasteiger partial charge >= 0.3 is 0 Å². The normalized spacial score (nSPS) is 17.0. The highest BCUT2D eigenvalue weighted by Crippen LogP contribution is 2.23. The van der Waals surface area contributed by atoms with Crippen molar-refractivity contribution < 1.29 is 14.4 Å². The van der Waals surface area contributed by atoms with Gasteiger partial charge in [-0.15, -0.1) is 0 Å². The first-order chi connectivity index (χ1) is 16.9. The van der Waals surface area contributed by atoms with Gasteiger partial charge in [-0.05, 0) is 55.7 Å². The summed E-state index contributed by atoms with van der Waals surface area (Å²) in [6, 6.07) is 13.5. The highest BCUT2D eigenvalue weighted by atomic mass is 16.2. The van der Waals surface area contributed by atoms with E-state index in [1.807, 2.05) is 56.3 Å². The van der Waals surface area contributed by atoms with Gasteiger partial charge in [0.05, 0.1) is 6.54 Å². The Hall–Kier alpha value is -3.23. The number of carbonyl (C=O) groups excluding carboxylic acids is 3. The first-order valence-corrected chi connectivity index (χ1v) is 12.4. The lowest BCUT2D eigenvalue weighted by Crippen LogP contribution is -2.49. The van der Waals surface area contributed by atoms with Crippen molar-refractivity contribution in [2.45, 2.75) is 33.1 Å². The molecule has 4 rings (SSSR count). The Morgan fingerprint density at radius 1 is 0.829 bits per heavy atom. The van der Waals surface area contributed by atoms with Crippen LogP contribution in [0.2, 0.25) is 0 Å². The molecule has 2 aromatic carbocycles. The Balaban J connectivity index is 1.15. The molecule has 0 atom stereocenters. The van der Waals surface area contributed by atoms with Crippen LogP contribution in [0.5, 0.6) is 0 Å². The van der Waals surface area contributed by atoms with Gasteiger partial charge in [-0.1, -0.05) is 18.2 Å². The molecule has 2 heterocycles. The highest BCUT2D eigenvalue weighted by molar-refractivity contribution is 5.96. The number of rotatable bonds is 8. The van der Waals surface area contributed by atoms with Crippen LogP contribution >= 0.6 is 0 Å². The number of nitrogens with zero attached hydrogens (tertiary/aromatic N) is 3. The van der Waals surface area contributed by atoms with Crippen molar-refractivity contribution in [1.29, 1.82) is 0 Å². The molecule has 2 aliphatic heterocycles. The maximum atomic E-state index is 12.5. The third-order valence-electron chi connectivity index (χ3n) is 6.77. The topological polar surface area (TPSA) is 85.0 Å². The van der Waals surface area contributed by atoms with Crippen molar-refractivity contribution in [2.24, 2.45) is 0 Å². The van der Waals surface area contributed by atoms with Crippen LogP contribution in [0.3, 0.4) is 0 Å². The number of hydrogen-bond acceptors (Lipinski definition) is 5. The number of anilines is 3. The lowest BCUT2D eigenvalue weighted by Gasteiger charge is -2.34. The van der Waals surface area contributed by atoms with Gasteiger partial charge in [-0.2, -0.15) is 0 Å². The van der Waals surface area contributed by atoms with Crippen LogP contribution < -0.4 is 15.5 Å². The average Bonchev–Trinajstić information content (AvgIpc) is 3.27. The zero-order valence-corrected chi connectivity index (χ0v) is 20.7. The second-order valence-corrected chi connectivity index (χ2v) is 9.43. The third-order valence-corrected chi connectivity index (χ3v) is 6.77. The van der Waals surface area contributed by atoms with Crippen molar-refractivity contribution in [2.75, 3.05) is 61.3 Å². The van der Waals surface area contributed by atoms with Gasteiger partial charge in [0.25, 0.3) is 0 Å². The number of para-hydroxylation sites is 1. The Bertz CT molecular complexity index is 1040. The van der Waals surface area contributed by atoms with E-state index in [2.05, 4.69) is 20.4 Å². The molecule has 0 aromatic heterocycles. The molecular weight excluding hydrogens is 442 g/mol. The molecule has 0 spiro atoms. The van der Waals surface area contributed by atoms with Gasteiger partial charge in [-0.3, -0.25) is 19.3 Å². The number of amides is 3. The lowest BCUT2D eigenvalue weighted by molar-refractivity contribution is -0.118. The first kappa shape index (κ1) is 24.9. The number of benzene rings is 2. The van der Waals surface area contributed by atoms with Crippen molar-refractivity contribution in [1.82, 2.24) is 9.80 Å². The van der Waals surface area contributed by atoms with Gasteiger partial charge < -0.3 is 20.4 Å². The molecule has 2 N–H and O–H groups in total. The largest absolute Gasteiger partial charge is 0.326 e. The Morgan fingerprint density at radius 2 is 1.49 bits per heavy atom. The fraction of sp³-hybridized carbons (Fsp3) is 0.444. The monoisotopic (exact) mass is 477 g/mol. The maximum Gasteiger partial charge on any atom is 0.238 e. The second-order valence-electron chi connectivity index (χ2n) is 9.43. The average molecular weight is 478 g/mol. The molecule has 0 radical (unpaired) electrons. The summed E-state index contributed by atoms with van der Waals surface area (Å²) in [6.07, 6.45) is 1.91. The number of carbonyl (C=O) groups is 3. The number of hydrogen-bond donors (Lipinski definition) is 2. The summed E-state index contributed by atoms with van der Waals surface area (Å²) in [5.74, 6) is 0.143. The van der Waals surface area contributed by atoms with E-state index < -0.39 is 0 Å². The van der Waals surface area contributed by atoms with Crippen LogP contribution in [0.15, 0.2) is 42.5 Å². The minimum atomic E-state index is -0.0228. The van der Waals surface area contributed by atoms with E-state index in [9.17, 15) is 14.4 Å². The fourth-order valence-electron chi connectivity index (χ4n) is 4.69. The van der Waals surface area contributed by atoms with Crippen LogP contribution in [0.25, 0.3) is 0 Å². The van der Waals surface area contributed by atoms with Crippen LogP contribution in [-0.2, 0) is 14.4 Å². The Labute approximate surface area is 207 Å². The van der Waals surface area contributed by atoms with Crippen molar-refractivity contribution in [3.05, 3.63) is 53.6 Å². The van der Waals surface area contributed by atoms with E-state index >= 15 is 0 Å². The summed E-state index contributed by atoms with van der Waals surface area (Å²) in [4.78, 5) is 43.0. The Morgan fingerprint density at radius 3 is 2.11 bits per heavy atom. The van der Waals surface area contributed by atoms with Gasteiger partial charge in [0, 0.05) is 69.2 Å². The zero-order valence-electron chi connectivity index (χ0n) is 20.7. The predicted molar refractivity (Wildman–Crippen MR) is 139 cm³/mol. The summed E-state index contributed by atoms with van der Waals surface area (Å²) < 4.78 is 0. The van der Waals surface area contributed by atoms with E-state index in [1.165, 1.54) is 0 Å². The van der Waals surface area contributed by atoms with E-state index in [-0.39, 0.29) is 17.7 Å². The SMILES string of the molecule is Cc1cccc(C)c1NC(=O)CN1CCN(CCC(=O)Nc2ccc(N3CCCC3=O)cc2)CC1. The van der Waals surface area contributed by atoms with E-state index in [1.54, 1.807) is 4.90 Å². The minimum Gasteiger partial charge on any atom is -0.326 e. The molecule has 2 aliphatic rings. The van der Waals surface area contributed by atoms with Crippen molar-refractivity contribution >= 4 is 34.8 Å². The summed E-state index contributed by atoms with van der Waals surface area (Å²) in [7, 11) is 0. The van der Waals surface area contributed by atoms with Gasteiger partial charge in [-0.25, -0.2) is 0 Å². The van der Waals surface area contributed by atoms with Crippen molar-refractivity contribution in [3.63, 3.8) is 0 Å². The molecule has 186 valence electrons. The van der Waals surface area contributed by atoms with Gasteiger partial charge in [0.15, 0.2) is 0 Å². The smallest absolute Gasteiger partial charge is 0.238 e. The van der Waals surface area contributed by atoms with E-state index in [0.717, 1.165) is 67.3 Å².